The number of ether oxygens (including phenoxy) is 1. The number of nitrogens with one attached hydrogen (secondary N) is 1. The summed E-state index contributed by atoms with van der Waals surface area (Å²) in [4.78, 5) is 18.4. The van der Waals surface area contributed by atoms with E-state index < -0.39 is 4.92 Å². The van der Waals surface area contributed by atoms with Crippen molar-refractivity contribution < 1.29 is 9.66 Å². The van der Waals surface area contributed by atoms with Gasteiger partial charge in [0.25, 0.3) is 0 Å². The predicted molar refractivity (Wildman–Crippen MR) is 75.4 cm³/mol. The average molecular weight is 292 g/mol. The molecule has 0 bridgehead atoms. The maximum absolute atomic E-state index is 11.0. The Bertz CT molecular complexity index is 627. The summed E-state index contributed by atoms with van der Waals surface area (Å²) in [7, 11) is 0. The van der Waals surface area contributed by atoms with Crippen molar-refractivity contribution in [2.24, 2.45) is 0 Å². The predicted octanol–water partition coefficient (Wildman–Crippen LogP) is 2.22. The summed E-state index contributed by atoms with van der Waals surface area (Å²) in [5, 5.41) is 18.0. The lowest BCUT2D eigenvalue weighted by atomic mass is 10.5. The van der Waals surface area contributed by atoms with Crippen molar-refractivity contribution in [2.45, 2.75) is 26.8 Å². The number of nitrogens with zero attached hydrogens (tertiary/aromatic N) is 5. The van der Waals surface area contributed by atoms with Gasteiger partial charge in [-0.2, -0.15) is 10.1 Å². The van der Waals surface area contributed by atoms with Crippen LogP contribution in [0.15, 0.2) is 18.6 Å². The molecule has 9 heteroatoms. The van der Waals surface area contributed by atoms with Gasteiger partial charge in [-0.05, 0) is 13.3 Å². The summed E-state index contributed by atoms with van der Waals surface area (Å²) in [6, 6.07) is 0. The molecule has 2 rings (SSSR count). The molecule has 112 valence electrons. The fraction of sp³-hybridized carbons (Fsp3) is 0.417. The first-order valence-electron chi connectivity index (χ1n) is 6.59. The molecule has 0 aromatic carbocycles. The average Bonchev–Trinajstić information content (AvgIpc) is 2.92. The summed E-state index contributed by atoms with van der Waals surface area (Å²) < 4.78 is 7.11. The maximum atomic E-state index is 11.0. The van der Waals surface area contributed by atoms with Crippen LogP contribution < -0.4 is 10.1 Å². The van der Waals surface area contributed by atoms with Crippen LogP contribution in [0.2, 0.25) is 0 Å². The van der Waals surface area contributed by atoms with Crippen LogP contribution >= 0.6 is 0 Å². The van der Waals surface area contributed by atoms with Crippen molar-refractivity contribution in [3.63, 3.8) is 0 Å². The molecule has 21 heavy (non-hydrogen) atoms. The molecule has 0 saturated heterocycles. The van der Waals surface area contributed by atoms with E-state index in [-0.39, 0.29) is 11.6 Å². The van der Waals surface area contributed by atoms with Crippen molar-refractivity contribution in [3.8, 4) is 11.6 Å². The van der Waals surface area contributed by atoms with Crippen LogP contribution in [0.3, 0.4) is 0 Å². The molecule has 0 aliphatic heterocycles. The highest BCUT2D eigenvalue weighted by atomic mass is 16.6. The Morgan fingerprint density at radius 1 is 1.43 bits per heavy atom. The summed E-state index contributed by atoms with van der Waals surface area (Å²) in [5.41, 5.74) is -0.290. The lowest BCUT2D eigenvalue weighted by Crippen LogP contribution is -2.06. The fourth-order valence-corrected chi connectivity index (χ4v) is 1.56. The number of aromatic nitrogens is 4. The minimum atomic E-state index is -0.580. The van der Waals surface area contributed by atoms with Crippen LogP contribution in [0.25, 0.3) is 0 Å². The Balaban J connectivity index is 2.27. The second-order valence-electron chi connectivity index (χ2n) is 4.20. The molecule has 1 N–H and O–H groups in total. The summed E-state index contributed by atoms with van der Waals surface area (Å²) in [6.45, 7) is 5.27. The molecule has 2 aromatic heterocycles. The number of hydrogen-bond donors (Lipinski definition) is 1. The number of rotatable bonds is 7. The van der Waals surface area contributed by atoms with Gasteiger partial charge in [0.15, 0.2) is 5.75 Å². The van der Waals surface area contributed by atoms with Crippen molar-refractivity contribution in [3.05, 3.63) is 28.7 Å². The molecule has 0 spiro atoms. The standard InChI is InChI=1S/C12H16N6O3/c1-3-5-13-12-14-7-10(18(19)20)11(16-12)21-9-6-15-17(4-2)8-9/h6-8H,3-5H2,1-2H3,(H,13,14,16). The molecule has 0 atom stereocenters. The summed E-state index contributed by atoms with van der Waals surface area (Å²) >= 11 is 0. The number of anilines is 1. The summed E-state index contributed by atoms with van der Waals surface area (Å²) in [6.07, 6.45) is 5.14. The van der Waals surface area contributed by atoms with Crippen LogP contribution in [0.1, 0.15) is 20.3 Å². The Morgan fingerprint density at radius 2 is 2.24 bits per heavy atom. The van der Waals surface area contributed by atoms with E-state index >= 15 is 0 Å². The van der Waals surface area contributed by atoms with E-state index in [1.807, 2.05) is 13.8 Å². The molecule has 0 unspecified atom stereocenters. The van der Waals surface area contributed by atoms with Gasteiger partial charge in [-0.15, -0.1) is 0 Å². The van der Waals surface area contributed by atoms with Crippen molar-refractivity contribution in [1.29, 1.82) is 0 Å². The highest BCUT2D eigenvalue weighted by molar-refractivity contribution is 5.44. The summed E-state index contributed by atoms with van der Waals surface area (Å²) in [5.74, 6) is 0.574. The largest absolute Gasteiger partial charge is 0.430 e. The van der Waals surface area contributed by atoms with Gasteiger partial charge >= 0.3 is 11.6 Å². The first-order chi connectivity index (χ1) is 10.1. The van der Waals surface area contributed by atoms with Crippen molar-refractivity contribution in [2.75, 3.05) is 11.9 Å². The third-order valence-corrected chi connectivity index (χ3v) is 2.61. The minimum Gasteiger partial charge on any atom is -0.430 e. The van der Waals surface area contributed by atoms with Gasteiger partial charge in [-0.25, -0.2) is 4.98 Å². The van der Waals surface area contributed by atoms with Crippen LogP contribution in [0, 0.1) is 10.1 Å². The first kappa shape index (κ1) is 14.7. The van der Waals surface area contributed by atoms with Gasteiger partial charge < -0.3 is 10.1 Å². The minimum absolute atomic E-state index is 0.107. The van der Waals surface area contributed by atoms with E-state index in [0.29, 0.717) is 24.8 Å². The molecule has 2 aromatic rings. The van der Waals surface area contributed by atoms with E-state index in [2.05, 4.69) is 20.4 Å². The Kier molecular flexibility index (Phi) is 4.64. The molecule has 0 amide bonds. The lowest BCUT2D eigenvalue weighted by molar-refractivity contribution is -0.386. The molecule has 0 radical (unpaired) electrons. The molecule has 0 aliphatic carbocycles. The zero-order valence-electron chi connectivity index (χ0n) is 11.8. The van der Waals surface area contributed by atoms with Crippen LogP contribution in [-0.2, 0) is 6.54 Å². The molecule has 0 fully saturated rings. The maximum Gasteiger partial charge on any atom is 0.349 e. The van der Waals surface area contributed by atoms with Gasteiger partial charge in [0.1, 0.15) is 6.20 Å². The van der Waals surface area contributed by atoms with E-state index in [1.165, 1.54) is 6.20 Å². The molecule has 2 heterocycles. The lowest BCUT2D eigenvalue weighted by Gasteiger charge is -2.06. The number of aryl methyl sites for hydroxylation is 1. The van der Waals surface area contributed by atoms with Crippen LogP contribution in [-0.4, -0.2) is 31.2 Å². The zero-order valence-corrected chi connectivity index (χ0v) is 11.8. The molecular formula is C12H16N6O3. The topological polar surface area (TPSA) is 108 Å². The SMILES string of the molecule is CCCNc1ncc([N+](=O)[O-])c(Oc2cnn(CC)c2)n1. The van der Waals surface area contributed by atoms with E-state index in [0.717, 1.165) is 12.6 Å². The number of hydrogen-bond acceptors (Lipinski definition) is 7. The Hall–Kier alpha value is -2.71. The van der Waals surface area contributed by atoms with E-state index in [1.54, 1.807) is 10.9 Å². The van der Waals surface area contributed by atoms with Gasteiger partial charge in [-0.1, -0.05) is 6.92 Å². The Morgan fingerprint density at radius 3 is 2.86 bits per heavy atom. The smallest absolute Gasteiger partial charge is 0.349 e. The van der Waals surface area contributed by atoms with Gasteiger partial charge in [0.2, 0.25) is 5.95 Å². The molecule has 0 aliphatic rings. The molecule has 9 nitrogen and oxygen atoms in total. The van der Waals surface area contributed by atoms with Crippen LogP contribution in [0.5, 0.6) is 11.6 Å². The first-order valence-corrected chi connectivity index (χ1v) is 6.59. The zero-order chi connectivity index (χ0) is 15.2. The van der Waals surface area contributed by atoms with Crippen molar-refractivity contribution in [1.82, 2.24) is 19.7 Å². The molecule has 0 saturated carbocycles. The Labute approximate surface area is 121 Å². The number of nitro groups is 1. The van der Waals surface area contributed by atoms with E-state index in [4.69, 9.17) is 4.74 Å². The quantitative estimate of drug-likeness (QED) is 0.615. The third-order valence-electron chi connectivity index (χ3n) is 2.61. The third kappa shape index (κ3) is 3.65. The second kappa shape index (κ2) is 6.64. The van der Waals surface area contributed by atoms with E-state index in [9.17, 15) is 10.1 Å². The van der Waals surface area contributed by atoms with Crippen LogP contribution in [0.4, 0.5) is 11.6 Å². The normalized spacial score (nSPS) is 10.4. The van der Waals surface area contributed by atoms with Gasteiger partial charge in [0, 0.05) is 13.1 Å². The monoisotopic (exact) mass is 292 g/mol. The van der Waals surface area contributed by atoms with Crippen molar-refractivity contribution >= 4 is 11.6 Å². The van der Waals surface area contributed by atoms with Gasteiger partial charge in [0.05, 0.1) is 17.3 Å². The van der Waals surface area contributed by atoms with Gasteiger partial charge in [-0.3, -0.25) is 14.8 Å². The fourth-order valence-electron chi connectivity index (χ4n) is 1.56. The highest BCUT2D eigenvalue weighted by Gasteiger charge is 2.20. The second-order valence-corrected chi connectivity index (χ2v) is 4.20. The highest BCUT2D eigenvalue weighted by Crippen LogP contribution is 2.29. The molecular weight excluding hydrogens is 276 g/mol.